The summed E-state index contributed by atoms with van der Waals surface area (Å²) in [6, 6.07) is 7.05. The van der Waals surface area contributed by atoms with E-state index in [-0.39, 0.29) is 31.8 Å². The van der Waals surface area contributed by atoms with Gasteiger partial charge in [-0.05, 0) is 31.2 Å². The van der Waals surface area contributed by atoms with Crippen molar-refractivity contribution in [1.29, 1.82) is 0 Å². The van der Waals surface area contributed by atoms with Gasteiger partial charge < -0.3 is 14.5 Å². The molecule has 2 aromatic heterocycles. The van der Waals surface area contributed by atoms with Crippen LogP contribution in [0, 0.1) is 6.92 Å². The molecule has 0 aliphatic heterocycles. The zero-order chi connectivity index (χ0) is 16.7. The van der Waals surface area contributed by atoms with Crippen LogP contribution in [0.1, 0.15) is 33.2 Å². The topological polar surface area (TPSA) is 85.6 Å². The van der Waals surface area contributed by atoms with Gasteiger partial charge in [0.1, 0.15) is 5.76 Å². The molecule has 0 aliphatic carbocycles. The van der Waals surface area contributed by atoms with Crippen molar-refractivity contribution in [3.05, 3.63) is 46.0 Å². The molecule has 2 rings (SSSR count). The minimum Gasteiger partial charge on any atom is -0.467 e. The van der Waals surface area contributed by atoms with Gasteiger partial charge >= 0.3 is 5.97 Å². The number of carbonyl (C=O) groups excluding carboxylic acids is 3. The average molecular weight is 335 g/mol. The van der Waals surface area contributed by atoms with E-state index in [9.17, 15) is 14.4 Å². The number of nitrogens with one attached hydrogen (secondary N) is 1. The van der Waals surface area contributed by atoms with E-state index in [1.807, 2.05) is 13.0 Å². The first-order valence-electron chi connectivity index (χ1n) is 7.09. The highest BCUT2D eigenvalue weighted by atomic mass is 32.1. The minimum atomic E-state index is -0.570. The van der Waals surface area contributed by atoms with Gasteiger partial charge in [0.25, 0.3) is 5.91 Å². The van der Waals surface area contributed by atoms with Crippen LogP contribution in [0.15, 0.2) is 34.9 Å². The van der Waals surface area contributed by atoms with Crippen LogP contribution in [0.4, 0.5) is 0 Å². The lowest BCUT2D eigenvalue weighted by Gasteiger charge is -2.05. The molecule has 2 aromatic rings. The number of hydrogen-bond donors (Lipinski definition) is 1. The Bertz CT molecular complexity index is 674. The summed E-state index contributed by atoms with van der Waals surface area (Å²) in [5, 5.41) is 2.56. The van der Waals surface area contributed by atoms with Crippen LogP contribution >= 0.6 is 11.3 Å². The van der Waals surface area contributed by atoms with Crippen LogP contribution in [-0.2, 0) is 20.9 Å². The standard InChI is InChI=1S/C16H17NO5S/c1-11-4-6-14(23-11)13(18)5-7-16(20)22-10-15(19)17-9-12-3-2-8-21-12/h2-4,6,8H,5,7,9-10H2,1H3,(H,17,19). The highest BCUT2D eigenvalue weighted by Crippen LogP contribution is 2.17. The Labute approximate surface area is 137 Å². The van der Waals surface area contributed by atoms with Gasteiger partial charge in [0.15, 0.2) is 12.4 Å². The lowest BCUT2D eigenvalue weighted by atomic mass is 10.2. The molecule has 0 aromatic carbocycles. The second kappa shape index (κ2) is 8.28. The van der Waals surface area contributed by atoms with Crippen LogP contribution in [0.3, 0.4) is 0 Å². The Kier molecular flexibility index (Phi) is 6.10. The van der Waals surface area contributed by atoms with Crippen LogP contribution < -0.4 is 5.32 Å². The number of ketones is 1. The van der Waals surface area contributed by atoms with Crippen molar-refractivity contribution in [1.82, 2.24) is 5.32 Å². The van der Waals surface area contributed by atoms with Crippen molar-refractivity contribution in [2.75, 3.05) is 6.61 Å². The van der Waals surface area contributed by atoms with E-state index in [2.05, 4.69) is 5.32 Å². The van der Waals surface area contributed by atoms with E-state index in [0.717, 1.165) is 4.88 Å². The average Bonchev–Trinajstić information content (AvgIpc) is 3.19. The fraction of sp³-hybridized carbons (Fsp3) is 0.312. The number of furan rings is 1. The van der Waals surface area contributed by atoms with Gasteiger partial charge in [-0.3, -0.25) is 14.4 Å². The van der Waals surface area contributed by atoms with Gasteiger partial charge in [-0.2, -0.15) is 0 Å². The molecular formula is C16H17NO5S. The summed E-state index contributed by atoms with van der Waals surface area (Å²) in [5.74, 6) is -0.474. The zero-order valence-corrected chi connectivity index (χ0v) is 13.5. The molecule has 0 radical (unpaired) electrons. The number of hydrogen-bond acceptors (Lipinski definition) is 6. The third kappa shape index (κ3) is 5.71. The van der Waals surface area contributed by atoms with E-state index in [4.69, 9.17) is 9.15 Å². The minimum absolute atomic E-state index is 0.0404. The summed E-state index contributed by atoms with van der Waals surface area (Å²) in [4.78, 5) is 36.6. The maximum atomic E-state index is 11.8. The first kappa shape index (κ1) is 17.0. The molecule has 0 aliphatic rings. The van der Waals surface area contributed by atoms with Crippen LogP contribution in [0.5, 0.6) is 0 Å². The van der Waals surface area contributed by atoms with Gasteiger partial charge in [0.2, 0.25) is 0 Å². The number of esters is 1. The maximum absolute atomic E-state index is 11.8. The summed E-state index contributed by atoms with van der Waals surface area (Å²) in [7, 11) is 0. The highest BCUT2D eigenvalue weighted by molar-refractivity contribution is 7.14. The largest absolute Gasteiger partial charge is 0.467 e. The van der Waals surface area contributed by atoms with Crippen molar-refractivity contribution in [2.24, 2.45) is 0 Å². The van der Waals surface area contributed by atoms with Gasteiger partial charge in [0.05, 0.1) is 24.1 Å². The summed E-state index contributed by atoms with van der Waals surface area (Å²) < 4.78 is 9.89. The number of rotatable bonds is 8. The molecule has 122 valence electrons. The second-order valence-corrected chi connectivity index (χ2v) is 6.14. The molecule has 23 heavy (non-hydrogen) atoms. The van der Waals surface area contributed by atoms with Crippen molar-refractivity contribution < 1.29 is 23.5 Å². The third-order valence-corrected chi connectivity index (χ3v) is 4.02. The van der Waals surface area contributed by atoms with E-state index in [1.54, 1.807) is 18.2 Å². The van der Waals surface area contributed by atoms with Crippen molar-refractivity contribution in [3.63, 3.8) is 0 Å². The maximum Gasteiger partial charge on any atom is 0.306 e. The SMILES string of the molecule is Cc1ccc(C(=O)CCC(=O)OCC(=O)NCc2ccco2)s1. The quantitative estimate of drug-likeness (QED) is 0.592. The molecule has 1 N–H and O–H groups in total. The fourth-order valence-corrected chi connectivity index (χ4v) is 2.63. The second-order valence-electron chi connectivity index (χ2n) is 4.85. The summed E-state index contributed by atoms with van der Waals surface area (Å²) in [5.41, 5.74) is 0. The highest BCUT2D eigenvalue weighted by Gasteiger charge is 2.13. The number of Topliss-reactive ketones (excluding diaryl/α,β-unsaturated/α-hetero) is 1. The Morgan fingerprint density at radius 1 is 1.22 bits per heavy atom. The number of carbonyl (C=O) groups is 3. The smallest absolute Gasteiger partial charge is 0.306 e. The third-order valence-electron chi connectivity index (χ3n) is 2.98. The van der Waals surface area contributed by atoms with Crippen LogP contribution in [0.2, 0.25) is 0 Å². The molecule has 7 heteroatoms. The number of thiophene rings is 1. The number of aryl methyl sites for hydroxylation is 1. The fourth-order valence-electron chi connectivity index (χ4n) is 1.79. The molecule has 6 nitrogen and oxygen atoms in total. The molecule has 0 unspecified atom stereocenters. The Balaban J connectivity index is 1.62. The zero-order valence-electron chi connectivity index (χ0n) is 12.7. The summed E-state index contributed by atoms with van der Waals surface area (Å²) >= 11 is 1.40. The molecular weight excluding hydrogens is 318 g/mol. The van der Waals surface area contributed by atoms with Crippen molar-refractivity contribution in [2.45, 2.75) is 26.3 Å². The molecule has 0 saturated carbocycles. The van der Waals surface area contributed by atoms with Crippen molar-refractivity contribution >= 4 is 29.0 Å². The first-order chi connectivity index (χ1) is 11.0. The number of ether oxygens (including phenoxy) is 1. The lowest BCUT2D eigenvalue weighted by Crippen LogP contribution is -2.28. The molecule has 0 saturated heterocycles. The van der Waals surface area contributed by atoms with Gasteiger partial charge in [-0.25, -0.2) is 0 Å². The van der Waals surface area contributed by atoms with Crippen molar-refractivity contribution in [3.8, 4) is 0 Å². The van der Waals surface area contributed by atoms with Gasteiger partial charge in [-0.15, -0.1) is 11.3 Å². The van der Waals surface area contributed by atoms with E-state index in [1.165, 1.54) is 17.6 Å². The molecule has 0 fully saturated rings. The van der Waals surface area contributed by atoms with Crippen LogP contribution in [0.25, 0.3) is 0 Å². The first-order valence-corrected chi connectivity index (χ1v) is 7.90. The van der Waals surface area contributed by atoms with E-state index in [0.29, 0.717) is 10.6 Å². The Morgan fingerprint density at radius 2 is 2.04 bits per heavy atom. The summed E-state index contributed by atoms with van der Waals surface area (Å²) in [6.45, 7) is 1.78. The lowest BCUT2D eigenvalue weighted by molar-refractivity contribution is -0.148. The molecule has 0 bridgehead atoms. The normalized spacial score (nSPS) is 10.3. The Morgan fingerprint density at radius 3 is 2.70 bits per heavy atom. The predicted molar refractivity (Wildman–Crippen MR) is 84.1 cm³/mol. The Hall–Kier alpha value is -2.41. The predicted octanol–water partition coefficient (Wildman–Crippen LogP) is 2.47. The molecule has 1 amide bonds. The molecule has 2 heterocycles. The summed E-state index contributed by atoms with van der Waals surface area (Å²) in [6.07, 6.45) is 1.54. The monoisotopic (exact) mass is 335 g/mol. The van der Waals surface area contributed by atoms with E-state index < -0.39 is 11.9 Å². The molecule has 0 atom stereocenters. The number of amides is 1. The van der Waals surface area contributed by atoms with E-state index >= 15 is 0 Å². The van der Waals surface area contributed by atoms with Gasteiger partial charge in [-0.1, -0.05) is 0 Å². The molecule has 0 spiro atoms. The van der Waals surface area contributed by atoms with Crippen LogP contribution in [-0.4, -0.2) is 24.3 Å². The van der Waals surface area contributed by atoms with Gasteiger partial charge in [0, 0.05) is 11.3 Å².